The zero-order valence-electron chi connectivity index (χ0n) is 21.9. The summed E-state index contributed by atoms with van der Waals surface area (Å²) < 4.78 is 8.27. The molecule has 4 aromatic rings. The number of para-hydroxylation sites is 2. The molecule has 1 aromatic heterocycles. The number of carbonyl (C=O) groups is 1. The van der Waals surface area contributed by atoms with Crippen LogP contribution in [0, 0.1) is 6.92 Å². The van der Waals surface area contributed by atoms with Crippen LogP contribution < -0.4 is 10.1 Å². The molecule has 0 unspecified atom stereocenters. The minimum atomic E-state index is 0.0456. The van der Waals surface area contributed by atoms with E-state index in [-0.39, 0.29) is 5.91 Å². The molecule has 0 aliphatic rings. The van der Waals surface area contributed by atoms with Crippen LogP contribution in [0.15, 0.2) is 66.7 Å². The average molecular weight is 553 g/mol. The number of nitrogens with zero attached hydrogens (tertiary/aromatic N) is 2. The Morgan fingerprint density at radius 3 is 2.58 bits per heavy atom. The van der Waals surface area contributed by atoms with E-state index in [1.807, 2.05) is 55.5 Å². The van der Waals surface area contributed by atoms with Crippen LogP contribution in [0.3, 0.4) is 0 Å². The second-order valence-corrected chi connectivity index (χ2v) is 10.4. The normalized spacial score (nSPS) is 11.1. The van der Waals surface area contributed by atoms with Gasteiger partial charge in [-0.05, 0) is 86.2 Å². The molecule has 0 saturated carbocycles. The summed E-state index contributed by atoms with van der Waals surface area (Å²) in [6.45, 7) is 4.27. The van der Waals surface area contributed by atoms with Gasteiger partial charge in [0.2, 0.25) is 5.91 Å². The maximum Gasteiger partial charge on any atom is 0.224 e. The summed E-state index contributed by atoms with van der Waals surface area (Å²) in [5.41, 5.74) is 4.23. The number of ether oxygens (including phenoxy) is 1. The molecule has 5 nitrogen and oxygen atoms in total. The highest BCUT2D eigenvalue weighted by atomic mass is 35.5. The van der Waals surface area contributed by atoms with E-state index in [1.54, 1.807) is 0 Å². The van der Waals surface area contributed by atoms with Gasteiger partial charge in [-0.3, -0.25) is 4.79 Å². The molecule has 0 bridgehead atoms. The molecule has 1 heterocycles. The number of halogens is 2. The Morgan fingerprint density at radius 1 is 0.947 bits per heavy atom. The smallest absolute Gasteiger partial charge is 0.224 e. The van der Waals surface area contributed by atoms with E-state index in [2.05, 4.69) is 28.1 Å². The van der Waals surface area contributed by atoms with Crippen molar-refractivity contribution in [3.8, 4) is 5.75 Å². The number of aromatic nitrogens is 2. The van der Waals surface area contributed by atoms with Gasteiger partial charge in [-0.25, -0.2) is 4.98 Å². The van der Waals surface area contributed by atoms with E-state index in [4.69, 9.17) is 32.9 Å². The van der Waals surface area contributed by atoms with Crippen molar-refractivity contribution in [3.63, 3.8) is 0 Å². The summed E-state index contributed by atoms with van der Waals surface area (Å²) in [5.74, 6) is 2.04. The third-order valence-corrected chi connectivity index (χ3v) is 7.26. The molecule has 0 atom stereocenters. The number of carbonyl (C=O) groups excluding carboxylic acids is 1. The molecule has 0 aliphatic carbocycles. The van der Waals surface area contributed by atoms with Gasteiger partial charge in [0.25, 0.3) is 0 Å². The molecule has 0 saturated heterocycles. The number of fused-ring (bicyclic) bond motifs is 1. The monoisotopic (exact) mass is 551 g/mol. The third kappa shape index (κ3) is 8.24. The predicted octanol–water partition coefficient (Wildman–Crippen LogP) is 7.58. The van der Waals surface area contributed by atoms with Crippen LogP contribution in [0.5, 0.6) is 5.75 Å². The topological polar surface area (TPSA) is 56.1 Å². The number of nitrogens with one attached hydrogen (secondary N) is 1. The van der Waals surface area contributed by atoms with Gasteiger partial charge in [-0.1, -0.05) is 53.9 Å². The third-order valence-electron chi connectivity index (χ3n) is 6.59. The molecule has 0 radical (unpaired) electrons. The summed E-state index contributed by atoms with van der Waals surface area (Å²) >= 11 is 12.0. The van der Waals surface area contributed by atoms with Gasteiger partial charge in [0.05, 0.1) is 24.1 Å². The van der Waals surface area contributed by atoms with Gasteiger partial charge >= 0.3 is 0 Å². The number of imidazole rings is 1. The largest absolute Gasteiger partial charge is 0.494 e. The van der Waals surface area contributed by atoms with Crippen molar-refractivity contribution in [2.24, 2.45) is 0 Å². The molecule has 0 aliphatic heterocycles. The highest BCUT2D eigenvalue weighted by Gasteiger charge is 2.10. The molecule has 0 spiro atoms. The number of amides is 1. The first-order valence-corrected chi connectivity index (χ1v) is 14.1. The van der Waals surface area contributed by atoms with Gasteiger partial charge in [0.15, 0.2) is 0 Å². The summed E-state index contributed by atoms with van der Waals surface area (Å²) in [7, 11) is 0. The first-order valence-electron chi connectivity index (χ1n) is 13.3. The SMILES string of the molecule is Cc1cc(OCCCCn2c(CCCCCNC(=O)Cc3ccc(Cl)cc3)nc3ccccc32)ccc1Cl. The Kier molecular flexibility index (Phi) is 10.5. The van der Waals surface area contributed by atoms with Gasteiger partial charge in [0.1, 0.15) is 11.6 Å². The highest BCUT2D eigenvalue weighted by Crippen LogP contribution is 2.22. The zero-order valence-corrected chi connectivity index (χ0v) is 23.4. The molecule has 3 aromatic carbocycles. The second kappa shape index (κ2) is 14.2. The zero-order chi connectivity index (χ0) is 26.7. The van der Waals surface area contributed by atoms with Gasteiger partial charge in [0, 0.05) is 29.6 Å². The summed E-state index contributed by atoms with van der Waals surface area (Å²) in [6, 6.07) is 21.5. The second-order valence-electron chi connectivity index (χ2n) is 9.60. The van der Waals surface area contributed by atoms with Crippen LogP contribution in [0.4, 0.5) is 0 Å². The van der Waals surface area contributed by atoms with Crippen molar-refractivity contribution in [1.29, 1.82) is 0 Å². The summed E-state index contributed by atoms with van der Waals surface area (Å²) in [5, 5.41) is 4.46. The van der Waals surface area contributed by atoms with Crippen molar-refractivity contribution in [2.45, 2.75) is 58.4 Å². The van der Waals surface area contributed by atoms with Gasteiger partial charge in [-0.2, -0.15) is 0 Å². The Bertz CT molecular complexity index is 1330. The summed E-state index contributed by atoms with van der Waals surface area (Å²) in [4.78, 5) is 17.1. The quantitative estimate of drug-likeness (QED) is 0.164. The Balaban J connectivity index is 1.19. The van der Waals surface area contributed by atoms with Crippen molar-refractivity contribution in [2.75, 3.05) is 13.2 Å². The minimum Gasteiger partial charge on any atom is -0.494 e. The lowest BCUT2D eigenvalue weighted by Gasteiger charge is -2.11. The van der Waals surface area contributed by atoms with Crippen LogP contribution in [0.1, 0.15) is 49.1 Å². The molecular formula is C31H35Cl2N3O2. The van der Waals surface area contributed by atoms with Crippen molar-refractivity contribution >= 4 is 40.1 Å². The van der Waals surface area contributed by atoms with Crippen molar-refractivity contribution in [1.82, 2.24) is 14.9 Å². The van der Waals surface area contributed by atoms with Crippen LogP contribution in [0.25, 0.3) is 11.0 Å². The molecule has 1 N–H and O–H groups in total. The fraction of sp³-hybridized carbons (Fsp3) is 0.355. The Hall–Kier alpha value is -3.02. The number of hydrogen-bond donors (Lipinski definition) is 1. The fourth-order valence-electron chi connectivity index (χ4n) is 4.50. The average Bonchev–Trinajstić information content (AvgIpc) is 3.26. The lowest BCUT2D eigenvalue weighted by molar-refractivity contribution is -0.120. The van der Waals surface area contributed by atoms with E-state index >= 15 is 0 Å². The van der Waals surface area contributed by atoms with Gasteiger partial charge < -0.3 is 14.6 Å². The van der Waals surface area contributed by atoms with Crippen LogP contribution in [0.2, 0.25) is 10.0 Å². The molecule has 4 rings (SSSR count). The van der Waals surface area contributed by atoms with Gasteiger partial charge in [-0.15, -0.1) is 0 Å². The number of unbranched alkanes of at least 4 members (excludes halogenated alkanes) is 3. The van der Waals surface area contributed by atoms with E-state index in [0.29, 0.717) is 24.6 Å². The van der Waals surface area contributed by atoms with E-state index < -0.39 is 0 Å². The maximum absolute atomic E-state index is 12.2. The highest BCUT2D eigenvalue weighted by molar-refractivity contribution is 6.31. The van der Waals surface area contributed by atoms with Crippen molar-refractivity contribution < 1.29 is 9.53 Å². The molecular weight excluding hydrogens is 517 g/mol. The van der Waals surface area contributed by atoms with E-state index in [1.165, 1.54) is 5.52 Å². The van der Waals surface area contributed by atoms with E-state index in [9.17, 15) is 4.79 Å². The predicted molar refractivity (Wildman–Crippen MR) is 156 cm³/mol. The molecule has 0 fully saturated rings. The van der Waals surface area contributed by atoms with Crippen LogP contribution in [-0.2, 0) is 24.2 Å². The number of rotatable bonds is 14. The maximum atomic E-state index is 12.2. The fourth-order valence-corrected chi connectivity index (χ4v) is 4.74. The Morgan fingerprint density at radius 2 is 1.76 bits per heavy atom. The Labute approximate surface area is 235 Å². The lowest BCUT2D eigenvalue weighted by Crippen LogP contribution is -2.26. The lowest BCUT2D eigenvalue weighted by atomic mass is 10.1. The molecule has 200 valence electrons. The van der Waals surface area contributed by atoms with E-state index in [0.717, 1.165) is 78.3 Å². The van der Waals surface area contributed by atoms with Crippen LogP contribution in [-0.4, -0.2) is 28.6 Å². The first kappa shape index (κ1) is 28.0. The standard InChI is InChI=1S/C31H35Cl2N3O2/c1-23-21-26(16-17-27(23)33)38-20-8-7-19-36-29-10-5-4-9-28(29)35-30(36)11-3-2-6-18-34-31(37)22-24-12-14-25(32)15-13-24/h4-5,9-10,12-17,21H,2-3,6-8,11,18-20,22H2,1H3,(H,34,37). The summed E-state index contributed by atoms with van der Waals surface area (Å²) in [6.07, 6.45) is 6.31. The number of hydrogen-bond acceptors (Lipinski definition) is 3. The van der Waals surface area contributed by atoms with Crippen molar-refractivity contribution in [3.05, 3.63) is 93.7 Å². The van der Waals surface area contributed by atoms with Crippen LogP contribution >= 0.6 is 23.2 Å². The number of aryl methyl sites for hydroxylation is 3. The molecule has 38 heavy (non-hydrogen) atoms. The molecule has 1 amide bonds. The first-order chi connectivity index (χ1) is 18.5. The number of benzene rings is 3. The minimum absolute atomic E-state index is 0.0456. The molecule has 7 heteroatoms.